The lowest BCUT2D eigenvalue weighted by atomic mass is 9.87. The second kappa shape index (κ2) is 7.27. The summed E-state index contributed by atoms with van der Waals surface area (Å²) in [5.74, 6) is -0.298. The standard InChI is InChI=1S/C18H23NO4S2/c1-18(2,3)15-9-11-16(12-10-15)24(20,21)14-13-19-25(22,23)17-7-5-4-6-8-17/h4-12,19H,13-14H2,1-3H3. The first-order valence-corrected chi connectivity index (χ1v) is 11.0. The van der Waals surface area contributed by atoms with Crippen molar-refractivity contribution in [3.8, 4) is 0 Å². The summed E-state index contributed by atoms with van der Waals surface area (Å²) in [5, 5.41) is 0. The van der Waals surface area contributed by atoms with Crippen molar-refractivity contribution < 1.29 is 16.8 Å². The van der Waals surface area contributed by atoms with Gasteiger partial charge in [-0.2, -0.15) is 0 Å². The van der Waals surface area contributed by atoms with E-state index in [9.17, 15) is 16.8 Å². The zero-order valence-electron chi connectivity index (χ0n) is 14.6. The molecular formula is C18H23NO4S2. The van der Waals surface area contributed by atoms with Crippen LogP contribution in [0.3, 0.4) is 0 Å². The Labute approximate surface area is 150 Å². The highest BCUT2D eigenvalue weighted by Gasteiger charge is 2.19. The highest BCUT2D eigenvalue weighted by molar-refractivity contribution is 7.91. The molecule has 0 unspecified atom stereocenters. The van der Waals surface area contributed by atoms with Crippen LogP contribution in [0.5, 0.6) is 0 Å². The van der Waals surface area contributed by atoms with Crippen molar-refractivity contribution >= 4 is 19.9 Å². The van der Waals surface area contributed by atoms with Gasteiger partial charge in [0.15, 0.2) is 9.84 Å². The van der Waals surface area contributed by atoms with E-state index in [2.05, 4.69) is 25.5 Å². The van der Waals surface area contributed by atoms with Crippen LogP contribution in [0.25, 0.3) is 0 Å². The fourth-order valence-corrected chi connectivity index (χ4v) is 4.61. The third kappa shape index (κ3) is 5.14. The smallest absolute Gasteiger partial charge is 0.224 e. The van der Waals surface area contributed by atoms with Crippen LogP contribution in [-0.2, 0) is 25.3 Å². The highest BCUT2D eigenvalue weighted by atomic mass is 32.2. The van der Waals surface area contributed by atoms with Crippen LogP contribution in [0.4, 0.5) is 0 Å². The summed E-state index contributed by atoms with van der Waals surface area (Å²) in [5.41, 5.74) is 0.976. The van der Waals surface area contributed by atoms with Crippen LogP contribution in [0.15, 0.2) is 64.4 Å². The number of hydrogen-bond acceptors (Lipinski definition) is 4. The Bertz CT molecular complexity index is 911. The summed E-state index contributed by atoms with van der Waals surface area (Å²) in [7, 11) is -7.26. The highest BCUT2D eigenvalue weighted by Crippen LogP contribution is 2.23. The summed E-state index contributed by atoms with van der Waals surface area (Å²) in [4.78, 5) is 0.307. The Kier molecular flexibility index (Phi) is 5.71. The predicted molar refractivity (Wildman–Crippen MR) is 98.8 cm³/mol. The lowest BCUT2D eigenvalue weighted by Crippen LogP contribution is -2.29. The van der Waals surface area contributed by atoms with Gasteiger partial charge in [0.05, 0.1) is 15.5 Å². The van der Waals surface area contributed by atoms with Crippen molar-refractivity contribution in [2.75, 3.05) is 12.3 Å². The molecule has 7 heteroatoms. The molecule has 0 aliphatic heterocycles. The topological polar surface area (TPSA) is 80.3 Å². The fourth-order valence-electron chi connectivity index (χ4n) is 2.27. The molecule has 0 heterocycles. The molecule has 0 aliphatic carbocycles. The number of rotatable bonds is 6. The molecule has 0 saturated heterocycles. The molecule has 0 spiro atoms. The van der Waals surface area contributed by atoms with Gasteiger partial charge < -0.3 is 0 Å². The van der Waals surface area contributed by atoms with E-state index in [1.165, 1.54) is 12.1 Å². The molecule has 0 fully saturated rings. The third-order valence-corrected chi connectivity index (χ3v) is 7.00. The van der Waals surface area contributed by atoms with Gasteiger partial charge in [-0.3, -0.25) is 0 Å². The molecule has 0 amide bonds. The summed E-state index contributed by atoms with van der Waals surface area (Å²) >= 11 is 0. The minimum atomic E-state index is -3.71. The molecule has 2 aromatic carbocycles. The SMILES string of the molecule is CC(C)(C)c1ccc(S(=O)(=O)CCNS(=O)(=O)c2ccccc2)cc1. The largest absolute Gasteiger partial charge is 0.240 e. The van der Waals surface area contributed by atoms with E-state index in [0.29, 0.717) is 0 Å². The van der Waals surface area contributed by atoms with Crippen molar-refractivity contribution in [3.63, 3.8) is 0 Å². The molecule has 2 aromatic rings. The van der Waals surface area contributed by atoms with E-state index in [-0.39, 0.29) is 27.5 Å². The minimum Gasteiger partial charge on any atom is -0.224 e. The second-order valence-corrected chi connectivity index (χ2v) is 10.7. The van der Waals surface area contributed by atoms with Gasteiger partial charge in [0.25, 0.3) is 0 Å². The summed E-state index contributed by atoms with van der Waals surface area (Å²) < 4.78 is 51.3. The van der Waals surface area contributed by atoms with E-state index in [1.54, 1.807) is 42.5 Å². The Morgan fingerprint density at radius 2 is 1.36 bits per heavy atom. The first-order chi connectivity index (χ1) is 11.5. The zero-order valence-corrected chi connectivity index (χ0v) is 16.2. The minimum absolute atomic E-state index is 0.0619. The van der Waals surface area contributed by atoms with Crippen LogP contribution < -0.4 is 4.72 Å². The van der Waals surface area contributed by atoms with Crippen molar-refractivity contribution in [3.05, 3.63) is 60.2 Å². The lowest BCUT2D eigenvalue weighted by molar-refractivity contribution is 0.579. The zero-order chi connectivity index (χ0) is 18.7. The molecule has 2 rings (SSSR count). The third-order valence-electron chi connectivity index (χ3n) is 3.80. The van der Waals surface area contributed by atoms with E-state index in [0.717, 1.165) is 5.56 Å². The van der Waals surface area contributed by atoms with E-state index >= 15 is 0 Å². The molecular weight excluding hydrogens is 358 g/mol. The van der Waals surface area contributed by atoms with Gasteiger partial charge in [0.1, 0.15) is 0 Å². The van der Waals surface area contributed by atoms with Crippen LogP contribution in [0.1, 0.15) is 26.3 Å². The van der Waals surface area contributed by atoms with Crippen LogP contribution in [-0.4, -0.2) is 29.1 Å². The fraction of sp³-hybridized carbons (Fsp3) is 0.333. The van der Waals surface area contributed by atoms with Crippen LogP contribution in [0.2, 0.25) is 0 Å². The Morgan fingerprint density at radius 1 is 0.800 bits per heavy atom. The summed E-state index contributed by atoms with van der Waals surface area (Å²) in [6.45, 7) is 5.97. The molecule has 0 saturated carbocycles. The van der Waals surface area contributed by atoms with Crippen LogP contribution in [0, 0.1) is 0 Å². The Balaban J connectivity index is 2.05. The quantitative estimate of drug-likeness (QED) is 0.834. The molecule has 0 aliphatic rings. The van der Waals surface area contributed by atoms with E-state index < -0.39 is 19.9 Å². The average Bonchev–Trinajstić information content (AvgIpc) is 2.54. The molecule has 0 atom stereocenters. The molecule has 136 valence electrons. The maximum absolute atomic E-state index is 12.4. The average molecular weight is 382 g/mol. The van der Waals surface area contributed by atoms with Crippen molar-refractivity contribution in [1.82, 2.24) is 4.72 Å². The number of sulfone groups is 1. The normalized spacial score (nSPS) is 12.9. The van der Waals surface area contributed by atoms with Crippen molar-refractivity contribution in [1.29, 1.82) is 0 Å². The molecule has 0 bridgehead atoms. The summed E-state index contributed by atoms with van der Waals surface area (Å²) in [6, 6.07) is 14.6. The van der Waals surface area contributed by atoms with Gasteiger partial charge in [-0.05, 0) is 35.2 Å². The number of benzene rings is 2. The number of nitrogens with one attached hydrogen (secondary N) is 1. The molecule has 0 aromatic heterocycles. The Hall–Kier alpha value is -1.70. The van der Waals surface area contributed by atoms with Gasteiger partial charge in [0.2, 0.25) is 10.0 Å². The molecule has 5 nitrogen and oxygen atoms in total. The number of hydrogen-bond donors (Lipinski definition) is 1. The van der Waals surface area contributed by atoms with Gasteiger partial charge in [-0.15, -0.1) is 0 Å². The number of sulfonamides is 1. The van der Waals surface area contributed by atoms with Crippen molar-refractivity contribution in [2.45, 2.75) is 36.0 Å². The monoisotopic (exact) mass is 381 g/mol. The predicted octanol–water partition coefficient (Wildman–Crippen LogP) is 2.74. The molecule has 1 N–H and O–H groups in total. The Morgan fingerprint density at radius 3 is 1.88 bits per heavy atom. The van der Waals surface area contributed by atoms with Crippen LogP contribution >= 0.6 is 0 Å². The van der Waals surface area contributed by atoms with E-state index in [1.807, 2.05) is 0 Å². The molecule has 0 radical (unpaired) electrons. The van der Waals surface area contributed by atoms with Gasteiger partial charge >= 0.3 is 0 Å². The van der Waals surface area contributed by atoms with Crippen molar-refractivity contribution in [2.24, 2.45) is 0 Å². The van der Waals surface area contributed by atoms with Gasteiger partial charge in [-0.1, -0.05) is 51.1 Å². The first-order valence-electron chi connectivity index (χ1n) is 7.90. The second-order valence-electron chi connectivity index (χ2n) is 6.80. The maximum atomic E-state index is 12.4. The lowest BCUT2D eigenvalue weighted by Gasteiger charge is -2.19. The van der Waals surface area contributed by atoms with E-state index in [4.69, 9.17) is 0 Å². The van der Waals surface area contributed by atoms with Gasteiger partial charge in [-0.25, -0.2) is 21.6 Å². The maximum Gasteiger partial charge on any atom is 0.240 e. The first kappa shape index (κ1) is 19.6. The van der Waals surface area contributed by atoms with Gasteiger partial charge in [0, 0.05) is 6.54 Å². The molecule has 25 heavy (non-hydrogen) atoms. The summed E-state index contributed by atoms with van der Waals surface area (Å²) in [6.07, 6.45) is 0.